The number of benzene rings is 1. The van der Waals surface area contributed by atoms with Gasteiger partial charge in [-0.15, -0.1) is 0 Å². The maximum Gasteiger partial charge on any atom is 0.416 e. The number of hydrogen-bond acceptors (Lipinski definition) is 1. The molecule has 0 aliphatic heterocycles. The Kier molecular flexibility index (Phi) is 3.00. The molecule has 1 aromatic carbocycles. The molecule has 0 amide bonds. The Bertz CT molecular complexity index is 439. The summed E-state index contributed by atoms with van der Waals surface area (Å²) in [6.07, 6.45) is -4.42. The van der Waals surface area contributed by atoms with Crippen molar-refractivity contribution < 1.29 is 13.2 Å². The molecule has 1 nitrogen and oxygen atoms in total. The van der Waals surface area contributed by atoms with Gasteiger partial charge in [-0.2, -0.15) is 18.4 Å². The highest BCUT2D eigenvalue weighted by Gasteiger charge is 2.37. The van der Waals surface area contributed by atoms with E-state index in [2.05, 4.69) is 0 Å². The monoisotopic (exact) mass is 227 g/mol. The summed E-state index contributed by atoms with van der Waals surface area (Å²) in [6, 6.07) is 5.93. The van der Waals surface area contributed by atoms with Crippen molar-refractivity contribution in [1.82, 2.24) is 0 Å². The van der Waals surface area contributed by atoms with E-state index in [9.17, 15) is 13.2 Å². The predicted molar refractivity (Wildman–Crippen MR) is 54.8 cm³/mol. The van der Waals surface area contributed by atoms with Crippen molar-refractivity contribution in [3.05, 3.63) is 34.9 Å². The second-order valence-electron chi connectivity index (χ2n) is 4.28. The fourth-order valence-corrected chi connectivity index (χ4v) is 1.50. The Labute approximate surface area is 92.5 Å². The van der Waals surface area contributed by atoms with Crippen molar-refractivity contribution in [3.63, 3.8) is 0 Å². The summed E-state index contributed by atoms with van der Waals surface area (Å²) in [5.74, 6) is 0. The molecule has 0 atom stereocenters. The minimum Gasteiger partial charge on any atom is -0.197 e. The molecule has 0 spiro atoms. The molecule has 0 fully saturated rings. The van der Waals surface area contributed by atoms with Crippen LogP contribution >= 0.6 is 0 Å². The number of alkyl halides is 3. The zero-order valence-electron chi connectivity index (χ0n) is 9.31. The Morgan fingerprint density at radius 3 is 2.12 bits per heavy atom. The number of halogens is 3. The second kappa shape index (κ2) is 3.82. The van der Waals surface area contributed by atoms with Crippen LogP contribution < -0.4 is 0 Å². The van der Waals surface area contributed by atoms with Gasteiger partial charge >= 0.3 is 6.18 Å². The third-order valence-corrected chi connectivity index (χ3v) is 2.43. The van der Waals surface area contributed by atoms with Gasteiger partial charge in [0.15, 0.2) is 0 Å². The Hall–Kier alpha value is -1.50. The van der Waals surface area contributed by atoms with Gasteiger partial charge < -0.3 is 0 Å². The molecule has 86 valence electrons. The maximum absolute atomic E-state index is 12.8. The normalized spacial score (nSPS) is 12.3. The molecule has 1 rings (SSSR count). The number of nitriles is 1. The van der Waals surface area contributed by atoms with Gasteiger partial charge in [0.2, 0.25) is 0 Å². The van der Waals surface area contributed by atoms with Crippen molar-refractivity contribution in [3.8, 4) is 6.07 Å². The fraction of sp³-hybridized carbons (Fsp3) is 0.417. The van der Waals surface area contributed by atoms with Crippen LogP contribution in [0.25, 0.3) is 0 Å². The van der Waals surface area contributed by atoms with Crippen molar-refractivity contribution in [2.75, 3.05) is 0 Å². The molecule has 0 saturated carbocycles. The summed E-state index contributed by atoms with van der Waals surface area (Å²) in [5, 5.41) is 8.89. The highest BCUT2D eigenvalue weighted by Crippen LogP contribution is 2.37. The van der Waals surface area contributed by atoms with E-state index in [-0.39, 0.29) is 5.56 Å². The summed E-state index contributed by atoms with van der Waals surface area (Å²) in [7, 11) is 0. The van der Waals surface area contributed by atoms with Gasteiger partial charge in [0.1, 0.15) is 0 Å². The van der Waals surface area contributed by atoms with E-state index < -0.39 is 17.2 Å². The molecule has 0 aliphatic carbocycles. The van der Waals surface area contributed by atoms with Crippen LogP contribution in [-0.2, 0) is 11.6 Å². The molecule has 4 heteroatoms. The first-order valence-electron chi connectivity index (χ1n) is 4.78. The Morgan fingerprint density at radius 1 is 1.12 bits per heavy atom. The molecule has 1 aromatic rings. The molecule has 0 aromatic heterocycles. The predicted octanol–water partition coefficient (Wildman–Crippen LogP) is 3.82. The lowest BCUT2D eigenvalue weighted by atomic mass is 9.82. The average molecular weight is 227 g/mol. The van der Waals surface area contributed by atoms with E-state index in [0.29, 0.717) is 5.56 Å². The first-order valence-corrected chi connectivity index (χ1v) is 4.78. The molecule has 0 radical (unpaired) electrons. The number of hydrogen-bond donors (Lipinski definition) is 0. The average Bonchev–Trinajstić information content (AvgIpc) is 2.16. The summed E-state index contributed by atoms with van der Waals surface area (Å²) >= 11 is 0. The van der Waals surface area contributed by atoms with Crippen molar-refractivity contribution in [2.45, 2.75) is 32.4 Å². The topological polar surface area (TPSA) is 23.8 Å². The maximum atomic E-state index is 12.8. The fourth-order valence-electron chi connectivity index (χ4n) is 1.50. The summed E-state index contributed by atoms with van der Waals surface area (Å²) in [5.41, 5.74) is -1.31. The van der Waals surface area contributed by atoms with Crippen LogP contribution in [-0.4, -0.2) is 0 Å². The van der Waals surface area contributed by atoms with Gasteiger partial charge in [0, 0.05) is 0 Å². The molecule has 0 heterocycles. The second-order valence-corrected chi connectivity index (χ2v) is 4.28. The molecule has 0 bridgehead atoms. The third-order valence-electron chi connectivity index (χ3n) is 2.43. The molecule has 16 heavy (non-hydrogen) atoms. The van der Waals surface area contributed by atoms with Crippen LogP contribution in [0.5, 0.6) is 0 Å². The first kappa shape index (κ1) is 12.6. The Morgan fingerprint density at radius 2 is 1.69 bits per heavy atom. The highest BCUT2D eigenvalue weighted by molar-refractivity contribution is 5.41. The van der Waals surface area contributed by atoms with Crippen LogP contribution in [0, 0.1) is 18.3 Å². The van der Waals surface area contributed by atoms with Crippen LogP contribution in [0.15, 0.2) is 18.2 Å². The third kappa shape index (κ3) is 2.35. The Balaban J connectivity index is 3.48. The summed E-state index contributed by atoms with van der Waals surface area (Å²) < 4.78 is 38.4. The number of rotatable bonds is 1. The van der Waals surface area contributed by atoms with Crippen molar-refractivity contribution >= 4 is 0 Å². The quantitative estimate of drug-likeness (QED) is 0.715. The van der Waals surface area contributed by atoms with E-state index >= 15 is 0 Å². The van der Waals surface area contributed by atoms with Crippen LogP contribution in [0.4, 0.5) is 13.2 Å². The highest BCUT2D eigenvalue weighted by atomic mass is 19.4. The molecular formula is C12H12F3N. The smallest absolute Gasteiger partial charge is 0.197 e. The first-order chi connectivity index (χ1) is 7.18. The standard InChI is InChI=1S/C12H12F3N/c1-8-4-5-9(11(2,3)7-16)10(6-8)12(13,14)15/h4-6H,1-3H3. The van der Waals surface area contributed by atoms with Crippen molar-refractivity contribution in [2.24, 2.45) is 0 Å². The SMILES string of the molecule is Cc1ccc(C(C)(C)C#N)c(C(F)(F)F)c1. The van der Waals surface area contributed by atoms with Crippen LogP contribution in [0.3, 0.4) is 0 Å². The van der Waals surface area contributed by atoms with E-state index in [0.717, 1.165) is 6.07 Å². The van der Waals surface area contributed by atoms with Crippen molar-refractivity contribution in [1.29, 1.82) is 5.26 Å². The molecule has 0 aliphatic rings. The van der Waals surface area contributed by atoms with Gasteiger partial charge in [0.05, 0.1) is 17.0 Å². The van der Waals surface area contributed by atoms with Crippen LogP contribution in [0.2, 0.25) is 0 Å². The number of aryl methyl sites for hydroxylation is 1. The van der Waals surface area contributed by atoms with Crippen LogP contribution in [0.1, 0.15) is 30.5 Å². The zero-order valence-corrected chi connectivity index (χ0v) is 9.31. The zero-order chi connectivity index (χ0) is 12.6. The minimum atomic E-state index is -4.42. The largest absolute Gasteiger partial charge is 0.416 e. The van der Waals surface area contributed by atoms with Gasteiger partial charge in [0.25, 0.3) is 0 Å². The van der Waals surface area contributed by atoms with Gasteiger partial charge in [-0.05, 0) is 32.4 Å². The molecule has 0 N–H and O–H groups in total. The van der Waals surface area contributed by atoms with E-state index in [1.807, 2.05) is 6.07 Å². The van der Waals surface area contributed by atoms with E-state index in [1.54, 1.807) is 13.0 Å². The lowest BCUT2D eigenvalue weighted by Gasteiger charge is -2.22. The lowest BCUT2D eigenvalue weighted by Crippen LogP contribution is -2.21. The van der Waals surface area contributed by atoms with Gasteiger partial charge in [-0.25, -0.2) is 0 Å². The van der Waals surface area contributed by atoms with E-state index in [1.165, 1.54) is 19.9 Å². The minimum absolute atomic E-state index is 0.0214. The van der Waals surface area contributed by atoms with E-state index in [4.69, 9.17) is 5.26 Å². The number of nitrogens with zero attached hydrogens (tertiary/aromatic N) is 1. The molecule has 0 unspecified atom stereocenters. The molecule has 0 saturated heterocycles. The van der Waals surface area contributed by atoms with Gasteiger partial charge in [-0.3, -0.25) is 0 Å². The molecular weight excluding hydrogens is 215 g/mol. The van der Waals surface area contributed by atoms with Gasteiger partial charge in [-0.1, -0.05) is 17.7 Å². The lowest BCUT2D eigenvalue weighted by molar-refractivity contribution is -0.138. The summed E-state index contributed by atoms with van der Waals surface area (Å²) in [4.78, 5) is 0. The summed E-state index contributed by atoms with van der Waals surface area (Å²) in [6.45, 7) is 4.55.